The molecule has 1 aromatic carbocycles. The fourth-order valence-corrected chi connectivity index (χ4v) is 1.74. The molecule has 1 rings (SSSR count). The third-order valence-electron chi connectivity index (χ3n) is 2.79. The Morgan fingerprint density at radius 3 is 2.42 bits per heavy atom. The number of rotatable bonds is 8. The van der Waals surface area contributed by atoms with Crippen LogP contribution in [0.1, 0.15) is 23.2 Å². The minimum Gasteiger partial charge on any atom is -0.385 e. The van der Waals surface area contributed by atoms with Crippen molar-refractivity contribution >= 4 is 5.78 Å². The Kier molecular flexibility index (Phi) is 6.59. The molecule has 0 heterocycles. The first kappa shape index (κ1) is 15.7. The summed E-state index contributed by atoms with van der Waals surface area (Å²) in [6.07, 6.45) is 1.13. The summed E-state index contributed by atoms with van der Waals surface area (Å²) in [5.74, 6) is -1.70. The second-order valence-corrected chi connectivity index (χ2v) is 4.48. The molecular weight excluding hydrogens is 252 g/mol. The first-order valence-electron chi connectivity index (χ1n) is 6.19. The van der Waals surface area contributed by atoms with Crippen molar-refractivity contribution in [1.82, 2.24) is 4.90 Å². The molecule has 106 valence electrons. The zero-order valence-electron chi connectivity index (χ0n) is 11.3. The Morgan fingerprint density at radius 2 is 1.84 bits per heavy atom. The average Bonchev–Trinajstić information content (AvgIpc) is 2.35. The van der Waals surface area contributed by atoms with Crippen molar-refractivity contribution in [2.45, 2.75) is 12.8 Å². The van der Waals surface area contributed by atoms with Gasteiger partial charge in [-0.2, -0.15) is 0 Å². The van der Waals surface area contributed by atoms with E-state index in [1.807, 2.05) is 11.9 Å². The molecule has 0 bridgehead atoms. The highest BCUT2D eigenvalue weighted by Crippen LogP contribution is 2.10. The van der Waals surface area contributed by atoms with Gasteiger partial charge < -0.3 is 9.64 Å². The van der Waals surface area contributed by atoms with Crippen LogP contribution in [-0.4, -0.2) is 44.5 Å². The van der Waals surface area contributed by atoms with E-state index in [1.54, 1.807) is 7.11 Å². The van der Waals surface area contributed by atoms with Crippen molar-refractivity contribution in [3.8, 4) is 0 Å². The van der Waals surface area contributed by atoms with Crippen molar-refractivity contribution in [1.29, 1.82) is 0 Å². The molecule has 0 N–H and O–H groups in total. The van der Waals surface area contributed by atoms with Crippen LogP contribution in [0, 0.1) is 11.6 Å². The molecule has 0 unspecified atom stereocenters. The molecule has 3 nitrogen and oxygen atoms in total. The van der Waals surface area contributed by atoms with Crippen LogP contribution in [0.3, 0.4) is 0 Å². The molecule has 0 saturated carbocycles. The van der Waals surface area contributed by atoms with Crippen LogP contribution in [0.15, 0.2) is 18.2 Å². The Hall–Kier alpha value is -1.33. The predicted molar refractivity (Wildman–Crippen MR) is 69.3 cm³/mol. The van der Waals surface area contributed by atoms with Crippen LogP contribution >= 0.6 is 0 Å². The summed E-state index contributed by atoms with van der Waals surface area (Å²) >= 11 is 0. The van der Waals surface area contributed by atoms with Crippen molar-refractivity contribution in [3.63, 3.8) is 0 Å². The standard InChI is InChI=1S/C14H19F2NO2/c1-17(5-3-7-19-2)6-4-14(18)11-8-12(15)10-13(16)9-11/h8-10H,3-7H2,1-2H3. The van der Waals surface area contributed by atoms with Gasteiger partial charge in [-0.05, 0) is 25.6 Å². The normalized spacial score (nSPS) is 11.0. The maximum Gasteiger partial charge on any atom is 0.164 e. The van der Waals surface area contributed by atoms with Gasteiger partial charge in [-0.1, -0.05) is 0 Å². The second kappa shape index (κ2) is 7.96. The van der Waals surface area contributed by atoms with Gasteiger partial charge in [0, 0.05) is 44.9 Å². The van der Waals surface area contributed by atoms with Crippen molar-refractivity contribution in [2.24, 2.45) is 0 Å². The summed E-state index contributed by atoms with van der Waals surface area (Å²) in [5.41, 5.74) is 0.0859. The predicted octanol–water partition coefficient (Wildman–Crippen LogP) is 2.51. The van der Waals surface area contributed by atoms with E-state index in [4.69, 9.17) is 4.74 Å². The van der Waals surface area contributed by atoms with Crippen LogP contribution in [-0.2, 0) is 4.74 Å². The van der Waals surface area contributed by atoms with Crippen LogP contribution in [0.5, 0.6) is 0 Å². The number of methoxy groups -OCH3 is 1. The minimum absolute atomic E-state index is 0.0859. The van der Waals surface area contributed by atoms with Crippen molar-refractivity contribution < 1.29 is 18.3 Å². The van der Waals surface area contributed by atoms with Crippen LogP contribution < -0.4 is 0 Å². The largest absolute Gasteiger partial charge is 0.385 e. The summed E-state index contributed by atoms with van der Waals surface area (Å²) in [7, 11) is 3.54. The molecule has 0 aromatic heterocycles. The average molecular weight is 271 g/mol. The van der Waals surface area contributed by atoms with E-state index in [0.717, 1.165) is 31.2 Å². The summed E-state index contributed by atoms with van der Waals surface area (Å²) < 4.78 is 30.9. The number of halogens is 2. The molecule has 0 aliphatic heterocycles. The Bertz CT molecular complexity index is 404. The van der Waals surface area contributed by atoms with Gasteiger partial charge in [-0.15, -0.1) is 0 Å². The van der Waals surface area contributed by atoms with Crippen LogP contribution in [0.2, 0.25) is 0 Å². The molecule has 0 aliphatic carbocycles. The first-order chi connectivity index (χ1) is 9.02. The zero-order chi connectivity index (χ0) is 14.3. The fraction of sp³-hybridized carbons (Fsp3) is 0.500. The van der Waals surface area contributed by atoms with Crippen LogP contribution in [0.25, 0.3) is 0 Å². The molecule has 0 aliphatic rings. The van der Waals surface area contributed by atoms with Gasteiger partial charge in [0.1, 0.15) is 11.6 Å². The van der Waals surface area contributed by atoms with E-state index in [2.05, 4.69) is 0 Å². The topological polar surface area (TPSA) is 29.5 Å². The highest BCUT2D eigenvalue weighted by molar-refractivity contribution is 5.96. The summed E-state index contributed by atoms with van der Waals surface area (Å²) in [6.45, 7) is 2.05. The number of ketones is 1. The third-order valence-corrected chi connectivity index (χ3v) is 2.79. The highest BCUT2D eigenvalue weighted by atomic mass is 19.1. The highest BCUT2D eigenvalue weighted by Gasteiger charge is 2.10. The number of carbonyl (C=O) groups excluding carboxylic acids is 1. The Labute approximate surface area is 112 Å². The molecular formula is C14H19F2NO2. The van der Waals surface area contributed by atoms with E-state index in [9.17, 15) is 13.6 Å². The Morgan fingerprint density at radius 1 is 1.21 bits per heavy atom. The van der Waals surface area contributed by atoms with Crippen LogP contribution in [0.4, 0.5) is 8.78 Å². The number of hydrogen-bond acceptors (Lipinski definition) is 3. The summed E-state index contributed by atoms with van der Waals surface area (Å²) in [6, 6.07) is 2.89. The van der Waals surface area contributed by atoms with Crippen molar-refractivity contribution in [3.05, 3.63) is 35.4 Å². The third kappa shape index (κ3) is 5.89. The minimum atomic E-state index is -0.725. The molecule has 0 saturated heterocycles. The first-order valence-corrected chi connectivity index (χ1v) is 6.19. The molecule has 5 heteroatoms. The zero-order valence-corrected chi connectivity index (χ0v) is 11.3. The Balaban J connectivity index is 2.42. The van der Waals surface area contributed by atoms with Crippen molar-refractivity contribution in [2.75, 3.05) is 33.9 Å². The van der Waals surface area contributed by atoms with E-state index in [-0.39, 0.29) is 17.8 Å². The van der Waals surface area contributed by atoms with E-state index in [1.165, 1.54) is 0 Å². The van der Waals surface area contributed by atoms with Gasteiger partial charge in [0.15, 0.2) is 5.78 Å². The molecule has 0 amide bonds. The van der Waals surface area contributed by atoms with E-state index < -0.39 is 11.6 Å². The van der Waals surface area contributed by atoms with E-state index >= 15 is 0 Å². The lowest BCUT2D eigenvalue weighted by atomic mass is 10.1. The van der Waals surface area contributed by atoms with Gasteiger partial charge >= 0.3 is 0 Å². The smallest absolute Gasteiger partial charge is 0.164 e. The fourth-order valence-electron chi connectivity index (χ4n) is 1.74. The quantitative estimate of drug-likeness (QED) is 0.537. The van der Waals surface area contributed by atoms with Gasteiger partial charge in [0.25, 0.3) is 0 Å². The number of ether oxygens (including phenoxy) is 1. The number of carbonyl (C=O) groups is 1. The molecule has 19 heavy (non-hydrogen) atoms. The maximum absolute atomic E-state index is 13.0. The number of Topliss-reactive ketones (excluding diaryl/α,β-unsaturated/α-hetero) is 1. The van der Waals surface area contributed by atoms with E-state index in [0.29, 0.717) is 13.2 Å². The van der Waals surface area contributed by atoms with Gasteiger partial charge in [-0.25, -0.2) is 8.78 Å². The second-order valence-electron chi connectivity index (χ2n) is 4.48. The number of nitrogens with zero attached hydrogens (tertiary/aromatic N) is 1. The van der Waals surface area contributed by atoms with Gasteiger partial charge in [-0.3, -0.25) is 4.79 Å². The maximum atomic E-state index is 13.0. The molecule has 1 aromatic rings. The number of hydrogen-bond donors (Lipinski definition) is 0. The lowest BCUT2D eigenvalue weighted by Crippen LogP contribution is -2.24. The van der Waals surface area contributed by atoms with Gasteiger partial charge in [0.05, 0.1) is 0 Å². The van der Waals surface area contributed by atoms with Gasteiger partial charge in [0.2, 0.25) is 0 Å². The molecule has 0 spiro atoms. The summed E-state index contributed by atoms with van der Waals surface area (Å²) in [5, 5.41) is 0. The molecule has 0 radical (unpaired) electrons. The lowest BCUT2D eigenvalue weighted by Gasteiger charge is -2.15. The number of benzene rings is 1. The summed E-state index contributed by atoms with van der Waals surface area (Å²) in [4.78, 5) is 13.8. The molecule has 0 atom stereocenters. The monoisotopic (exact) mass is 271 g/mol. The molecule has 0 fully saturated rings. The lowest BCUT2D eigenvalue weighted by molar-refractivity contribution is 0.0966. The SMILES string of the molecule is COCCCN(C)CCC(=O)c1cc(F)cc(F)c1.